The smallest absolute Gasteiger partial charge is 0.276 e. The van der Waals surface area contributed by atoms with Crippen LogP contribution in [0, 0.1) is 0 Å². The van der Waals surface area contributed by atoms with Gasteiger partial charge < -0.3 is 19.5 Å². The van der Waals surface area contributed by atoms with Gasteiger partial charge in [-0.1, -0.05) is 15.9 Å². The van der Waals surface area contributed by atoms with Gasteiger partial charge in [-0.3, -0.25) is 14.5 Å². The van der Waals surface area contributed by atoms with Crippen molar-refractivity contribution in [2.75, 3.05) is 33.9 Å². The Balaban J connectivity index is 1.93. The molecule has 9 heteroatoms. The van der Waals surface area contributed by atoms with E-state index in [4.69, 9.17) is 17.0 Å². The fraction of sp³-hybridized carbons (Fsp3) is 0.381. The van der Waals surface area contributed by atoms with Gasteiger partial charge in [0.1, 0.15) is 12.2 Å². The van der Waals surface area contributed by atoms with Crippen LogP contribution in [-0.2, 0) is 20.9 Å². The summed E-state index contributed by atoms with van der Waals surface area (Å²) in [6.45, 7) is 3.79. The molecule has 0 unspecified atom stereocenters. The molecule has 2 aromatic rings. The number of carbonyl (C=O) groups is 2. The van der Waals surface area contributed by atoms with Crippen LogP contribution >= 0.6 is 28.1 Å². The second-order valence-electron chi connectivity index (χ2n) is 6.99. The van der Waals surface area contributed by atoms with Crippen LogP contribution in [0.4, 0.5) is 0 Å². The van der Waals surface area contributed by atoms with E-state index in [2.05, 4.69) is 21.2 Å². The zero-order valence-electron chi connectivity index (χ0n) is 17.3. The molecule has 2 amide bonds. The number of likely N-dealkylation sites (N-methyl/N-ethyl adjacent to an activating group) is 2. The van der Waals surface area contributed by atoms with Crippen molar-refractivity contribution in [1.29, 1.82) is 0 Å². The highest BCUT2D eigenvalue weighted by Crippen LogP contribution is 2.29. The van der Waals surface area contributed by atoms with Crippen molar-refractivity contribution < 1.29 is 14.3 Å². The summed E-state index contributed by atoms with van der Waals surface area (Å²) >= 11 is 8.90. The molecule has 1 fully saturated rings. The molecule has 1 aromatic heterocycles. The van der Waals surface area contributed by atoms with Gasteiger partial charge in [0.15, 0.2) is 5.11 Å². The van der Waals surface area contributed by atoms with Crippen molar-refractivity contribution in [2.24, 2.45) is 0 Å². The number of rotatable bonds is 8. The first-order valence-corrected chi connectivity index (χ1v) is 10.9. The van der Waals surface area contributed by atoms with Gasteiger partial charge in [0.25, 0.3) is 5.91 Å². The Labute approximate surface area is 189 Å². The SMILES string of the molecule is CCN1C(=O)/C(=C/c2cn(CC(=O)NCCCOC)c3ccc(Br)cc23)N(C)C1=S. The lowest BCUT2D eigenvalue weighted by atomic mass is 10.1. The molecule has 1 N–H and O–H groups in total. The van der Waals surface area contributed by atoms with Gasteiger partial charge in [-0.15, -0.1) is 0 Å². The lowest BCUT2D eigenvalue weighted by Crippen LogP contribution is -2.30. The number of benzene rings is 1. The summed E-state index contributed by atoms with van der Waals surface area (Å²) in [5, 5.41) is 4.35. The van der Waals surface area contributed by atoms with Crippen LogP contribution in [0.3, 0.4) is 0 Å². The van der Waals surface area contributed by atoms with E-state index in [9.17, 15) is 9.59 Å². The highest BCUT2D eigenvalue weighted by Gasteiger charge is 2.34. The van der Waals surface area contributed by atoms with E-state index < -0.39 is 0 Å². The second-order valence-corrected chi connectivity index (χ2v) is 8.27. The Morgan fingerprint density at radius 1 is 1.37 bits per heavy atom. The normalized spacial score (nSPS) is 15.7. The van der Waals surface area contributed by atoms with Crippen molar-refractivity contribution in [2.45, 2.75) is 19.9 Å². The third kappa shape index (κ3) is 4.58. The van der Waals surface area contributed by atoms with Crippen LogP contribution < -0.4 is 5.32 Å². The number of halogens is 1. The van der Waals surface area contributed by atoms with Crippen LogP contribution in [0.15, 0.2) is 34.6 Å². The fourth-order valence-electron chi connectivity index (χ4n) is 3.44. The molecular formula is C21H25BrN4O3S. The van der Waals surface area contributed by atoms with Crippen molar-refractivity contribution >= 4 is 62.1 Å². The van der Waals surface area contributed by atoms with Gasteiger partial charge >= 0.3 is 0 Å². The highest BCUT2D eigenvalue weighted by atomic mass is 79.9. The summed E-state index contributed by atoms with van der Waals surface area (Å²) in [5.74, 6) is -0.186. The van der Waals surface area contributed by atoms with Gasteiger partial charge in [0.2, 0.25) is 5.91 Å². The van der Waals surface area contributed by atoms with Gasteiger partial charge in [0.05, 0.1) is 0 Å². The number of thiocarbonyl (C=S) groups is 1. The monoisotopic (exact) mass is 492 g/mol. The maximum Gasteiger partial charge on any atom is 0.276 e. The number of amides is 2. The molecule has 0 aliphatic carbocycles. The third-order valence-corrected chi connectivity index (χ3v) is 5.97. The number of hydrogen-bond donors (Lipinski definition) is 1. The van der Waals surface area contributed by atoms with E-state index in [-0.39, 0.29) is 18.4 Å². The van der Waals surface area contributed by atoms with E-state index in [1.54, 1.807) is 24.0 Å². The number of fused-ring (bicyclic) bond motifs is 1. The molecule has 0 saturated carbocycles. The number of methoxy groups -OCH3 is 1. The Bertz CT molecular complexity index is 1020. The van der Waals surface area contributed by atoms with E-state index >= 15 is 0 Å². The zero-order chi connectivity index (χ0) is 21.8. The molecule has 0 atom stereocenters. The molecular weight excluding hydrogens is 468 g/mol. The van der Waals surface area contributed by atoms with E-state index in [0.29, 0.717) is 30.5 Å². The molecule has 30 heavy (non-hydrogen) atoms. The van der Waals surface area contributed by atoms with Crippen LogP contribution in [0.25, 0.3) is 17.0 Å². The quantitative estimate of drug-likeness (QED) is 0.348. The Morgan fingerprint density at radius 3 is 2.80 bits per heavy atom. The number of nitrogens with zero attached hydrogens (tertiary/aromatic N) is 3. The highest BCUT2D eigenvalue weighted by molar-refractivity contribution is 9.10. The average Bonchev–Trinajstić information content (AvgIpc) is 3.14. The lowest BCUT2D eigenvalue weighted by molar-refractivity contribution is -0.122. The van der Waals surface area contributed by atoms with Gasteiger partial charge in [0, 0.05) is 61.0 Å². The third-order valence-electron chi connectivity index (χ3n) is 4.99. The number of ether oxygens (including phenoxy) is 1. The number of aromatic nitrogens is 1. The van der Waals surface area contributed by atoms with E-state index in [1.807, 2.05) is 42.0 Å². The molecule has 7 nitrogen and oxygen atoms in total. The van der Waals surface area contributed by atoms with Gasteiger partial charge in [-0.25, -0.2) is 0 Å². The Kier molecular flexibility index (Phi) is 7.27. The summed E-state index contributed by atoms with van der Waals surface area (Å²) < 4.78 is 7.83. The Morgan fingerprint density at radius 2 is 2.13 bits per heavy atom. The van der Waals surface area contributed by atoms with Crippen LogP contribution in [-0.4, -0.2) is 65.1 Å². The second kappa shape index (κ2) is 9.72. The average molecular weight is 493 g/mol. The van der Waals surface area contributed by atoms with E-state index in [1.165, 1.54) is 0 Å². The number of carbonyl (C=O) groups excluding carboxylic acids is 2. The molecule has 0 bridgehead atoms. The lowest BCUT2D eigenvalue weighted by Gasteiger charge is -2.13. The van der Waals surface area contributed by atoms with Crippen molar-refractivity contribution in [3.05, 3.63) is 40.1 Å². The standard InChI is InChI=1S/C21H25BrN4O3S/c1-4-26-20(28)18(24(2)21(26)30)10-14-12-25(13-19(27)23-8-5-9-29-3)17-7-6-15(22)11-16(14)17/h6-7,10-12H,4-5,8-9,13H2,1-3H3,(H,23,27)/b18-10-. The minimum Gasteiger partial charge on any atom is -0.385 e. The molecule has 1 aromatic carbocycles. The summed E-state index contributed by atoms with van der Waals surface area (Å²) in [6, 6.07) is 5.89. The van der Waals surface area contributed by atoms with Gasteiger partial charge in [-0.05, 0) is 49.8 Å². The largest absolute Gasteiger partial charge is 0.385 e. The Hall–Kier alpha value is -2.23. The van der Waals surface area contributed by atoms with Crippen LogP contribution in [0.5, 0.6) is 0 Å². The minimum absolute atomic E-state index is 0.0717. The van der Waals surface area contributed by atoms with Crippen LogP contribution in [0.1, 0.15) is 18.9 Å². The fourth-order valence-corrected chi connectivity index (χ4v) is 4.11. The summed E-state index contributed by atoms with van der Waals surface area (Å²) in [7, 11) is 3.44. The molecule has 3 rings (SSSR count). The molecule has 1 saturated heterocycles. The first-order chi connectivity index (χ1) is 14.4. The van der Waals surface area contributed by atoms with Crippen molar-refractivity contribution in [1.82, 2.24) is 19.7 Å². The maximum atomic E-state index is 12.8. The van der Waals surface area contributed by atoms with Gasteiger partial charge in [-0.2, -0.15) is 0 Å². The predicted molar refractivity (Wildman–Crippen MR) is 125 cm³/mol. The van der Waals surface area contributed by atoms with Crippen molar-refractivity contribution in [3.8, 4) is 0 Å². The minimum atomic E-state index is -0.114. The molecule has 1 aliphatic rings. The summed E-state index contributed by atoms with van der Waals surface area (Å²) in [4.78, 5) is 28.4. The first-order valence-electron chi connectivity index (χ1n) is 9.72. The summed E-state index contributed by atoms with van der Waals surface area (Å²) in [5.41, 5.74) is 2.29. The number of hydrogen-bond acceptors (Lipinski definition) is 4. The van der Waals surface area contributed by atoms with Crippen LogP contribution in [0.2, 0.25) is 0 Å². The topological polar surface area (TPSA) is 66.8 Å². The number of nitrogens with one attached hydrogen (secondary N) is 1. The summed E-state index contributed by atoms with van der Waals surface area (Å²) in [6.07, 6.45) is 4.50. The first kappa shape index (κ1) is 22.5. The molecule has 1 aliphatic heterocycles. The van der Waals surface area contributed by atoms with Crippen molar-refractivity contribution in [3.63, 3.8) is 0 Å². The molecule has 160 valence electrons. The zero-order valence-corrected chi connectivity index (χ0v) is 19.7. The maximum absolute atomic E-state index is 12.8. The predicted octanol–water partition coefficient (Wildman–Crippen LogP) is 2.98. The van der Waals surface area contributed by atoms with E-state index in [0.717, 1.165) is 27.4 Å². The molecule has 0 spiro atoms. The molecule has 0 radical (unpaired) electrons. The molecule has 2 heterocycles.